The summed E-state index contributed by atoms with van der Waals surface area (Å²) in [6.45, 7) is 4.56. The summed E-state index contributed by atoms with van der Waals surface area (Å²) in [5.74, 6) is 2.82. The Balaban J connectivity index is 1.66. The van der Waals surface area contributed by atoms with Crippen LogP contribution in [0.5, 0.6) is 5.75 Å². The quantitative estimate of drug-likeness (QED) is 0.619. The monoisotopic (exact) mass is 289 g/mol. The molecule has 0 bridgehead atoms. The van der Waals surface area contributed by atoms with Crippen molar-refractivity contribution in [1.82, 2.24) is 10.2 Å². The van der Waals surface area contributed by atoms with Crippen LogP contribution in [0.4, 0.5) is 0 Å². The lowest BCUT2D eigenvalue weighted by molar-refractivity contribution is 0.281. The molecule has 1 aliphatic rings. The van der Waals surface area contributed by atoms with E-state index in [-0.39, 0.29) is 0 Å². The van der Waals surface area contributed by atoms with Gasteiger partial charge in [0.2, 0.25) is 0 Å². The van der Waals surface area contributed by atoms with Gasteiger partial charge in [-0.15, -0.1) is 0 Å². The van der Waals surface area contributed by atoms with E-state index >= 15 is 0 Å². The molecule has 0 spiro atoms. The third kappa shape index (κ3) is 5.66. The molecule has 4 heteroatoms. The summed E-state index contributed by atoms with van der Waals surface area (Å²) in [7, 11) is 3.88. The topological polar surface area (TPSA) is 36.9 Å². The maximum Gasteiger partial charge on any atom is 0.193 e. The van der Waals surface area contributed by atoms with Crippen molar-refractivity contribution in [3.05, 3.63) is 29.8 Å². The zero-order valence-corrected chi connectivity index (χ0v) is 13.4. The van der Waals surface area contributed by atoms with Crippen molar-refractivity contribution < 1.29 is 4.74 Å². The lowest BCUT2D eigenvalue weighted by Gasteiger charge is -2.22. The fraction of sp³-hybridized carbons (Fsp3) is 0.588. The largest absolute Gasteiger partial charge is 0.492 e. The Bertz CT molecular complexity index is 452. The Hall–Kier alpha value is -1.71. The second-order valence-corrected chi connectivity index (χ2v) is 5.79. The van der Waals surface area contributed by atoms with Gasteiger partial charge in [-0.25, -0.2) is 0 Å². The first kappa shape index (κ1) is 15.7. The van der Waals surface area contributed by atoms with E-state index in [0.717, 1.165) is 30.7 Å². The fourth-order valence-corrected chi connectivity index (χ4v) is 2.22. The van der Waals surface area contributed by atoms with E-state index in [4.69, 9.17) is 4.74 Å². The fourth-order valence-electron chi connectivity index (χ4n) is 2.22. The molecule has 0 saturated heterocycles. The molecule has 1 aromatic rings. The molecule has 0 heterocycles. The second kappa shape index (κ2) is 7.91. The molecule has 1 aromatic carbocycles. The van der Waals surface area contributed by atoms with Gasteiger partial charge in [-0.05, 0) is 31.4 Å². The van der Waals surface area contributed by atoms with E-state index in [0.29, 0.717) is 6.61 Å². The maximum atomic E-state index is 5.75. The molecular formula is C17H27N3O. The van der Waals surface area contributed by atoms with Crippen LogP contribution in [0.15, 0.2) is 29.3 Å². The predicted molar refractivity (Wildman–Crippen MR) is 88.0 cm³/mol. The SMILES string of the molecule is CN=C(NCCC1CC1)N(C)CCOc1ccc(C)cc1. The highest BCUT2D eigenvalue weighted by atomic mass is 16.5. The first-order valence-corrected chi connectivity index (χ1v) is 7.80. The van der Waals surface area contributed by atoms with Gasteiger partial charge in [0, 0.05) is 20.6 Å². The third-order valence-corrected chi connectivity index (χ3v) is 3.82. The number of ether oxygens (including phenoxy) is 1. The highest BCUT2D eigenvalue weighted by molar-refractivity contribution is 5.79. The molecule has 116 valence electrons. The minimum Gasteiger partial charge on any atom is -0.492 e. The molecule has 21 heavy (non-hydrogen) atoms. The lowest BCUT2D eigenvalue weighted by atomic mass is 10.2. The predicted octanol–water partition coefficient (Wildman–Crippen LogP) is 2.68. The average Bonchev–Trinajstić information content (AvgIpc) is 3.30. The molecular weight excluding hydrogens is 262 g/mol. The number of aryl methyl sites for hydroxylation is 1. The van der Waals surface area contributed by atoms with Gasteiger partial charge in [-0.3, -0.25) is 4.99 Å². The summed E-state index contributed by atoms with van der Waals surface area (Å²) in [5.41, 5.74) is 1.25. The standard InChI is InChI=1S/C17H27N3O/c1-14-4-8-16(9-5-14)21-13-12-20(3)17(18-2)19-11-10-15-6-7-15/h4-5,8-9,15H,6-7,10-13H2,1-3H3,(H,18,19). The van der Waals surface area contributed by atoms with Crippen LogP contribution >= 0.6 is 0 Å². The number of likely N-dealkylation sites (N-methyl/N-ethyl adjacent to an activating group) is 1. The zero-order valence-electron chi connectivity index (χ0n) is 13.4. The van der Waals surface area contributed by atoms with Crippen LogP contribution in [0, 0.1) is 12.8 Å². The van der Waals surface area contributed by atoms with Gasteiger partial charge >= 0.3 is 0 Å². The van der Waals surface area contributed by atoms with Gasteiger partial charge in [0.25, 0.3) is 0 Å². The van der Waals surface area contributed by atoms with Crippen LogP contribution < -0.4 is 10.1 Å². The van der Waals surface area contributed by atoms with E-state index in [1.807, 2.05) is 26.2 Å². The van der Waals surface area contributed by atoms with Crippen molar-refractivity contribution in [2.45, 2.75) is 26.2 Å². The van der Waals surface area contributed by atoms with E-state index < -0.39 is 0 Å². The molecule has 4 nitrogen and oxygen atoms in total. The van der Waals surface area contributed by atoms with Crippen LogP contribution in [0.2, 0.25) is 0 Å². The van der Waals surface area contributed by atoms with Gasteiger partial charge < -0.3 is 15.0 Å². The molecule has 1 fully saturated rings. The third-order valence-electron chi connectivity index (χ3n) is 3.82. The van der Waals surface area contributed by atoms with Gasteiger partial charge in [-0.1, -0.05) is 30.5 Å². The highest BCUT2D eigenvalue weighted by Gasteiger charge is 2.20. The first-order valence-electron chi connectivity index (χ1n) is 7.80. The van der Waals surface area contributed by atoms with E-state index in [1.54, 1.807) is 0 Å². The van der Waals surface area contributed by atoms with E-state index in [9.17, 15) is 0 Å². The Morgan fingerprint density at radius 3 is 2.67 bits per heavy atom. The van der Waals surface area contributed by atoms with Crippen molar-refractivity contribution in [1.29, 1.82) is 0 Å². The number of rotatable bonds is 7. The van der Waals surface area contributed by atoms with Crippen LogP contribution in [0.3, 0.4) is 0 Å². The second-order valence-electron chi connectivity index (χ2n) is 5.79. The van der Waals surface area contributed by atoms with Crippen molar-refractivity contribution in [2.75, 3.05) is 33.8 Å². The number of nitrogens with one attached hydrogen (secondary N) is 1. The minimum absolute atomic E-state index is 0.656. The number of benzene rings is 1. The highest BCUT2D eigenvalue weighted by Crippen LogP contribution is 2.31. The first-order chi connectivity index (χ1) is 10.2. The molecule has 0 unspecified atom stereocenters. The summed E-state index contributed by atoms with van der Waals surface area (Å²) >= 11 is 0. The normalized spacial score (nSPS) is 14.9. The Morgan fingerprint density at radius 1 is 1.33 bits per heavy atom. The Labute approximate surface area is 128 Å². The number of nitrogens with zero attached hydrogens (tertiary/aromatic N) is 2. The van der Waals surface area contributed by atoms with Crippen LogP contribution in [-0.2, 0) is 0 Å². The lowest BCUT2D eigenvalue weighted by Crippen LogP contribution is -2.41. The molecule has 1 aliphatic carbocycles. The van der Waals surface area contributed by atoms with Crippen molar-refractivity contribution in [3.8, 4) is 5.75 Å². The molecule has 0 radical (unpaired) electrons. The van der Waals surface area contributed by atoms with Crippen molar-refractivity contribution in [2.24, 2.45) is 10.9 Å². The van der Waals surface area contributed by atoms with Gasteiger partial charge in [-0.2, -0.15) is 0 Å². The Kier molecular flexibility index (Phi) is 5.90. The Morgan fingerprint density at radius 2 is 2.05 bits per heavy atom. The summed E-state index contributed by atoms with van der Waals surface area (Å²) in [6, 6.07) is 8.16. The number of guanidine groups is 1. The minimum atomic E-state index is 0.656. The number of hydrogen-bond donors (Lipinski definition) is 1. The summed E-state index contributed by atoms with van der Waals surface area (Å²) in [6.07, 6.45) is 4.06. The van der Waals surface area contributed by atoms with Gasteiger partial charge in [0.15, 0.2) is 5.96 Å². The van der Waals surface area contributed by atoms with E-state index in [2.05, 4.69) is 34.3 Å². The van der Waals surface area contributed by atoms with Crippen LogP contribution in [0.25, 0.3) is 0 Å². The van der Waals surface area contributed by atoms with Crippen LogP contribution in [-0.4, -0.2) is 44.7 Å². The average molecular weight is 289 g/mol. The van der Waals surface area contributed by atoms with Gasteiger partial charge in [0.1, 0.15) is 12.4 Å². The molecule has 1 saturated carbocycles. The summed E-state index contributed by atoms with van der Waals surface area (Å²) in [5, 5.41) is 3.42. The molecule has 0 aliphatic heterocycles. The van der Waals surface area contributed by atoms with E-state index in [1.165, 1.54) is 24.8 Å². The zero-order chi connectivity index (χ0) is 15.1. The van der Waals surface area contributed by atoms with Crippen molar-refractivity contribution >= 4 is 5.96 Å². The molecule has 1 N–H and O–H groups in total. The molecule has 0 atom stereocenters. The summed E-state index contributed by atoms with van der Waals surface area (Å²) in [4.78, 5) is 6.43. The molecule has 0 aromatic heterocycles. The van der Waals surface area contributed by atoms with Crippen molar-refractivity contribution in [3.63, 3.8) is 0 Å². The molecule has 2 rings (SSSR count). The van der Waals surface area contributed by atoms with Gasteiger partial charge in [0.05, 0.1) is 6.54 Å². The molecule has 0 amide bonds. The summed E-state index contributed by atoms with van der Waals surface area (Å²) < 4.78 is 5.75. The smallest absolute Gasteiger partial charge is 0.193 e. The maximum absolute atomic E-state index is 5.75. The van der Waals surface area contributed by atoms with Crippen LogP contribution in [0.1, 0.15) is 24.8 Å². The number of aliphatic imine (C=N–C) groups is 1. The number of hydrogen-bond acceptors (Lipinski definition) is 2.